The number of benzene rings is 1. The van der Waals surface area contributed by atoms with E-state index < -0.39 is 13.0 Å². The van der Waals surface area contributed by atoms with Crippen LogP contribution in [0.2, 0.25) is 0 Å². The van der Waals surface area contributed by atoms with Crippen LogP contribution in [0.3, 0.4) is 0 Å². The Kier molecular flexibility index (Phi) is 6.09. The maximum absolute atomic E-state index is 13.0. The third-order valence-corrected chi connectivity index (χ3v) is 7.41. The number of hydrogen-bond donors (Lipinski definition) is 2. The van der Waals surface area contributed by atoms with Crippen molar-refractivity contribution in [2.45, 2.75) is 63.6 Å². The van der Waals surface area contributed by atoms with Gasteiger partial charge in [-0.2, -0.15) is 9.97 Å². The minimum absolute atomic E-state index is 0.218. The van der Waals surface area contributed by atoms with Crippen molar-refractivity contribution in [2.24, 2.45) is 0 Å². The predicted molar refractivity (Wildman–Crippen MR) is 134 cm³/mol. The summed E-state index contributed by atoms with van der Waals surface area (Å²) in [6, 6.07) is 5.96. The van der Waals surface area contributed by atoms with Crippen molar-refractivity contribution in [3.63, 3.8) is 0 Å². The number of rotatable bonds is 7. The number of anilines is 1. The van der Waals surface area contributed by atoms with E-state index in [2.05, 4.69) is 30.5 Å². The molecule has 12 heteroatoms. The van der Waals surface area contributed by atoms with Gasteiger partial charge in [0.25, 0.3) is 6.43 Å². The summed E-state index contributed by atoms with van der Waals surface area (Å²) in [5, 5.41) is 12.0. The number of nitrogens with one attached hydrogen (secondary N) is 2. The van der Waals surface area contributed by atoms with Crippen molar-refractivity contribution in [3.8, 4) is 17.0 Å². The van der Waals surface area contributed by atoms with Gasteiger partial charge in [0.15, 0.2) is 0 Å². The molecule has 0 spiro atoms. The quantitative estimate of drug-likeness (QED) is 0.386. The molecular weight excluding hydrogens is 482 g/mol. The summed E-state index contributed by atoms with van der Waals surface area (Å²) in [5.41, 5.74) is 3.26. The number of amides is 1. The summed E-state index contributed by atoms with van der Waals surface area (Å²) in [6.07, 6.45) is 4.74. The molecule has 1 saturated carbocycles. The second kappa shape index (κ2) is 9.56. The molecule has 4 heterocycles. The zero-order valence-electron chi connectivity index (χ0n) is 20.5. The highest BCUT2D eigenvalue weighted by molar-refractivity contribution is 5.99. The fourth-order valence-electron chi connectivity index (χ4n) is 5.61. The minimum atomic E-state index is -2.53. The normalized spacial score (nSPS) is 20.4. The number of aromatic nitrogens is 6. The molecule has 10 nitrogen and oxygen atoms in total. The van der Waals surface area contributed by atoms with Gasteiger partial charge in [0, 0.05) is 36.8 Å². The van der Waals surface area contributed by atoms with Crippen LogP contribution < -0.4 is 10.1 Å². The van der Waals surface area contributed by atoms with E-state index in [1.54, 1.807) is 19.2 Å². The summed E-state index contributed by atoms with van der Waals surface area (Å²) in [5.74, 6) is 1.18. The van der Waals surface area contributed by atoms with Gasteiger partial charge in [-0.3, -0.25) is 4.79 Å². The van der Waals surface area contributed by atoms with Gasteiger partial charge in [0.05, 0.1) is 18.0 Å². The van der Waals surface area contributed by atoms with E-state index in [4.69, 9.17) is 9.72 Å². The number of halogens is 2. The number of methoxy groups -OCH3 is 1. The lowest BCUT2D eigenvalue weighted by Gasteiger charge is -2.34. The van der Waals surface area contributed by atoms with Crippen LogP contribution in [0.1, 0.15) is 38.5 Å². The Balaban J connectivity index is 1.24. The van der Waals surface area contributed by atoms with Crippen LogP contribution >= 0.6 is 0 Å². The van der Waals surface area contributed by atoms with Crippen LogP contribution in [0.4, 0.5) is 14.7 Å². The fourth-order valence-corrected chi connectivity index (χ4v) is 5.61. The SMILES string of the molecule is COc1nc(N[C@H]2CC[C@@H](N3CCCC3=O)CC2)nc2[nH]cc(-c3ccc4nnn(CC(F)F)c4c3)c12. The Morgan fingerprint density at radius 2 is 2.05 bits per heavy atom. The van der Waals surface area contributed by atoms with Crippen LogP contribution in [0.15, 0.2) is 24.4 Å². The number of H-pyrrole nitrogens is 1. The molecule has 0 atom stereocenters. The summed E-state index contributed by atoms with van der Waals surface area (Å²) < 4.78 is 32.8. The molecule has 6 rings (SSSR count). The number of carbonyl (C=O) groups excluding carboxylic acids is 1. The second-order valence-electron chi connectivity index (χ2n) is 9.69. The van der Waals surface area contributed by atoms with Crippen molar-refractivity contribution in [3.05, 3.63) is 24.4 Å². The van der Waals surface area contributed by atoms with E-state index in [-0.39, 0.29) is 11.9 Å². The molecule has 1 amide bonds. The van der Waals surface area contributed by atoms with E-state index in [0.29, 0.717) is 46.4 Å². The van der Waals surface area contributed by atoms with Gasteiger partial charge in [-0.1, -0.05) is 11.3 Å². The Bertz CT molecular complexity index is 1440. The highest BCUT2D eigenvalue weighted by Gasteiger charge is 2.31. The standard InChI is InChI=1S/C25H28F2N8O2/c1-37-24-22-17(14-4-9-18-19(11-14)35(33-32-18)13-20(26)27)12-28-23(22)30-25(31-24)29-15-5-7-16(8-6-15)34-10-2-3-21(34)36/h4,9,11-12,15-16,20H,2-3,5-8,10,13H2,1H3,(H2,28,29,30,31)/t15-,16+. The van der Waals surface area contributed by atoms with Crippen molar-refractivity contribution >= 4 is 33.9 Å². The molecule has 0 unspecified atom stereocenters. The molecule has 4 aromatic rings. The topological polar surface area (TPSA) is 114 Å². The second-order valence-corrected chi connectivity index (χ2v) is 9.69. The Morgan fingerprint density at radius 3 is 2.78 bits per heavy atom. The van der Waals surface area contributed by atoms with Crippen LogP contribution in [-0.4, -0.2) is 72.9 Å². The third-order valence-electron chi connectivity index (χ3n) is 7.41. The number of nitrogens with zero attached hydrogens (tertiary/aromatic N) is 6. The van der Waals surface area contributed by atoms with Gasteiger partial charge in [-0.25, -0.2) is 13.5 Å². The summed E-state index contributed by atoms with van der Waals surface area (Å²) in [6.45, 7) is 0.358. The van der Waals surface area contributed by atoms with Gasteiger partial charge in [0.1, 0.15) is 17.7 Å². The molecule has 1 aromatic carbocycles. The lowest BCUT2D eigenvalue weighted by Crippen LogP contribution is -2.41. The lowest BCUT2D eigenvalue weighted by atomic mass is 9.90. The maximum atomic E-state index is 13.0. The highest BCUT2D eigenvalue weighted by atomic mass is 19.3. The van der Waals surface area contributed by atoms with Crippen LogP contribution in [0.25, 0.3) is 33.2 Å². The lowest BCUT2D eigenvalue weighted by molar-refractivity contribution is -0.130. The molecule has 194 valence electrons. The molecule has 2 aliphatic rings. The number of ether oxygens (including phenoxy) is 1. The molecule has 3 aromatic heterocycles. The molecule has 2 fully saturated rings. The first-order valence-electron chi connectivity index (χ1n) is 12.6. The summed E-state index contributed by atoms with van der Waals surface area (Å²) in [4.78, 5) is 26.7. The van der Waals surface area contributed by atoms with E-state index in [9.17, 15) is 13.6 Å². The van der Waals surface area contributed by atoms with Crippen LogP contribution in [0.5, 0.6) is 5.88 Å². The first-order valence-corrected chi connectivity index (χ1v) is 12.6. The number of fused-ring (bicyclic) bond motifs is 2. The van der Waals surface area contributed by atoms with Crippen molar-refractivity contribution < 1.29 is 18.3 Å². The van der Waals surface area contributed by atoms with Gasteiger partial charge >= 0.3 is 0 Å². The summed E-state index contributed by atoms with van der Waals surface area (Å²) in [7, 11) is 1.56. The number of carbonyl (C=O) groups is 1. The van der Waals surface area contributed by atoms with E-state index in [1.807, 2.05) is 12.3 Å². The maximum Gasteiger partial charge on any atom is 0.258 e. The zero-order chi connectivity index (χ0) is 25.5. The minimum Gasteiger partial charge on any atom is -0.480 e. The smallest absolute Gasteiger partial charge is 0.258 e. The summed E-state index contributed by atoms with van der Waals surface area (Å²) >= 11 is 0. The monoisotopic (exact) mass is 510 g/mol. The average Bonchev–Trinajstić information content (AvgIpc) is 3.62. The van der Waals surface area contributed by atoms with Crippen LogP contribution in [-0.2, 0) is 11.3 Å². The molecule has 1 aliphatic carbocycles. The average molecular weight is 511 g/mol. The van der Waals surface area contributed by atoms with Gasteiger partial charge in [-0.05, 0) is 49.8 Å². The number of aromatic amines is 1. The molecule has 2 N–H and O–H groups in total. The molecule has 1 saturated heterocycles. The number of alkyl halides is 2. The fraction of sp³-hybridized carbons (Fsp3) is 0.480. The first-order chi connectivity index (χ1) is 18.0. The predicted octanol–water partition coefficient (Wildman–Crippen LogP) is 3.99. The molecule has 0 radical (unpaired) electrons. The molecule has 37 heavy (non-hydrogen) atoms. The van der Waals surface area contributed by atoms with Crippen molar-refractivity contribution in [1.82, 2.24) is 34.8 Å². The van der Waals surface area contributed by atoms with Crippen molar-refractivity contribution in [1.29, 1.82) is 0 Å². The zero-order valence-corrected chi connectivity index (χ0v) is 20.5. The van der Waals surface area contributed by atoms with E-state index >= 15 is 0 Å². The largest absolute Gasteiger partial charge is 0.480 e. The van der Waals surface area contributed by atoms with Gasteiger partial charge in [0.2, 0.25) is 17.7 Å². The Morgan fingerprint density at radius 1 is 1.22 bits per heavy atom. The van der Waals surface area contributed by atoms with Gasteiger partial charge in [-0.15, -0.1) is 5.10 Å². The molecule has 0 bridgehead atoms. The molecule has 1 aliphatic heterocycles. The number of hydrogen-bond acceptors (Lipinski definition) is 7. The number of likely N-dealkylation sites (tertiary alicyclic amines) is 1. The van der Waals surface area contributed by atoms with E-state index in [0.717, 1.165) is 49.8 Å². The molecular formula is C25H28F2N8O2. The highest BCUT2D eigenvalue weighted by Crippen LogP contribution is 2.36. The Hall–Kier alpha value is -3.83. The van der Waals surface area contributed by atoms with Gasteiger partial charge < -0.3 is 19.9 Å². The van der Waals surface area contributed by atoms with Crippen molar-refractivity contribution in [2.75, 3.05) is 19.0 Å². The Labute approximate surface area is 211 Å². The first kappa shape index (κ1) is 23.6. The third kappa shape index (κ3) is 4.44. The van der Waals surface area contributed by atoms with Crippen LogP contribution in [0, 0.1) is 0 Å². The van der Waals surface area contributed by atoms with E-state index in [1.165, 1.54) is 4.68 Å².